The minimum atomic E-state index is -3.81. The molecule has 2 N–H and O–H groups in total. The Morgan fingerprint density at radius 3 is 2.45 bits per heavy atom. The zero-order valence-corrected chi connectivity index (χ0v) is 17.9. The second-order valence-corrected chi connectivity index (χ2v) is 8.59. The van der Waals surface area contributed by atoms with Gasteiger partial charge in [0.05, 0.1) is 28.5 Å². The van der Waals surface area contributed by atoms with E-state index < -0.39 is 10.0 Å². The molecule has 0 unspecified atom stereocenters. The Balaban J connectivity index is 1.76. The van der Waals surface area contributed by atoms with Crippen molar-refractivity contribution in [3.63, 3.8) is 0 Å². The molecule has 3 aromatic rings. The predicted molar refractivity (Wildman–Crippen MR) is 122 cm³/mol. The van der Waals surface area contributed by atoms with Crippen molar-refractivity contribution in [3.8, 4) is 5.75 Å². The van der Waals surface area contributed by atoms with Gasteiger partial charge >= 0.3 is 0 Å². The zero-order valence-electron chi connectivity index (χ0n) is 17.1. The number of benzene rings is 3. The van der Waals surface area contributed by atoms with Crippen LogP contribution in [0.15, 0.2) is 76.2 Å². The minimum Gasteiger partial charge on any atom is -0.493 e. The van der Waals surface area contributed by atoms with Crippen LogP contribution in [0.5, 0.6) is 5.75 Å². The summed E-state index contributed by atoms with van der Waals surface area (Å²) in [6, 6.07) is 17.5. The standard InChI is InChI=1S/C23H21N3O4S/c1-3-30-22-13-8-16-6-4-5-7-19(16)21(22)14-20-15(2)25-26(23(20)27)17-9-11-18(12-10-17)31(24,28)29/h4-14H,3H2,1-2H3,(H2,24,28,29)/b20-14+. The van der Waals surface area contributed by atoms with Crippen LogP contribution in [0.3, 0.4) is 0 Å². The third kappa shape index (κ3) is 3.95. The summed E-state index contributed by atoms with van der Waals surface area (Å²) in [6.45, 7) is 4.17. The first-order valence-corrected chi connectivity index (χ1v) is 11.2. The minimum absolute atomic E-state index is 0.0310. The third-order valence-corrected chi connectivity index (χ3v) is 5.92. The number of sulfonamides is 1. The van der Waals surface area contributed by atoms with Gasteiger partial charge in [0.25, 0.3) is 5.91 Å². The number of carbonyl (C=O) groups is 1. The molecule has 1 aliphatic rings. The fourth-order valence-electron chi connectivity index (χ4n) is 3.49. The summed E-state index contributed by atoms with van der Waals surface area (Å²) in [7, 11) is -3.81. The van der Waals surface area contributed by atoms with Gasteiger partial charge in [-0.3, -0.25) is 4.79 Å². The van der Waals surface area contributed by atoms with Crippen molar-refractivity contribution in [3.05, 3.63) is 71.8 Å². The molecule has 0 radical (unpaired) electrons. The van der Waals surface area contributed by atoms with Crippen LogP contribution in [0.4, 0.5) is 5.69 Å². The summed E-state index contributed by atoms with van der Waals surface area (Å²) in [5.41, 5.74) is 2.25. The quantitative estimate of drug-likeness (QED) is 0.618. The van der Waals surface area contributed by atoms with Crippen molar-refractivity contribution in [2.75, 3.05) is 11.6 Å². The van der Waals surface area contributed by atoms with Crippen molar-refractivity contribution in [2.45, 2.75) is 18.7 Å². The molecule has 0 bridgehead atoms. The van der Waals surface area contributed by atoms with Gasteiger partial charge in [0.1, 0.15) is 5.75 Å². The first-order chi connectivity index (χ1) is 14.8. The number of nitrogens with two attached hydrogens (primary N) is 1. The van der Waals surface area contributed by atoms with Crippen molar-refractivity contribution >= 4 is 44.2 Å². The molecule has 0 aromatic heterocycles. The van der Waals surface area contributed by atoms with Crippen molar-refractivity contribution in [1.82, 2.24) is 0 Å². The average Bonchev–Trinajstić information content (AvgIpc) is 3.03. The van der Waals surface area contributed by atoms with Gasteiger partial charge in [-0.15, -0.1) is 0 Å². The molecule has 3 aromatic carbocycles. The van der Waals surface area contributed by atoms with E-state index in [2.05, 4.69) is 5.10 Å². The maximum atomic E-state index is 13.2. The van der Waals surface area contributed by atoms with Gasteiger partial charge in [0.2, 0.25) is 10.0 Å². The normalized spacial score (nSPS) is 15.6. The maximum Gasteiger partial charge on any atom is 0.280 e. The van der Waals surface area contributed by atoms with E-state index in [1.54, 1.807) is 13.0 Å². The summed E-state index contributed by atoms with van der Waals surface area (Å²) in [4.78, 5) is 13.1. The van der Waals surface area contributed by atoms with Crippen LogP contribution < -0.4 is 14.9 Å². The summed E-state index contributed by atoms with van der Waals surface area (Å²) in [6.07, 6.45) is 1.80. The number of primary sulfonamides is 1. The van der Waals surface area contributed by atoms with Crippen molar-refractivity contribution < 1.29 is 17.9 Å². The lowest BCUT2D eigenvalue weighted by atomic mass is 9.99. The molecule has 1 heterocycles. The van der Waals surface area contributed by atoms with Gasteiger partial charge in [0.15, 0.2) is 0 Å². The Bertz CT molecular complexity index is 1340. The van der Waals surface area contributed by atoms with Gasteiger partial charge in [-0.25, -0.2) is 13.6 Å². The largest absolute Gasteiger partial charge is 0.493 e. The van der Waals surface area contributed by atoms with Gasteiger partial charge < -0.3 is 4.74 Å². The highest BCUT2D eigenvalue weighted by Crippen LogP contribution is 2.33. The fourth-order valence-corrected chi connectivity index (χ4v) is 4.00. The number of hydrogen-bond acceptors (Lipinski definition) is 5. The average molecular weight is 436 g/mol. The molecule has 0 spiro atoms. The Labute approximate surface area is 180 Å². The Morgan fingerprint density at radius 1 is 1.06 bits per heavy atom. The van der Waals surface area contributed by atoms with Gasteiger partial charge in [-0.05, 0) is 61.0 Å². The Kier molecular flexibility index (Phi) is 5.34. The zero-order chi connectivity index (χ0) is 22.2. The second-order valence-electron chi connectivity index (χ2n) is 7.03. The molecule has 4 rings (SSSR count). The summed E-state index contributed by atoms with van der Waals surface area (Å²) in [5, 5.41) is 12.8. The van der Waals surface area contributed by atoms with E-state index in [1.807, 2.05) is 43.3 Å². The molecule has 0 saturated heterocycles. The molecule has 1 aliphatic heterocycles. The van der Waals surface area contributed by atoms with Crippen LogP contribution in [0.1, 0.15) is 19.4 Å². The Morgan fingerprint density at radius 2 is 1.77 bits per heavy atom. The molecule has 158 valence electrons. The lowest BCUT2D eigenvalue weighted by molar-refractivity contribution is -0.114. The molecule has 7 nitrogen and oxygen atoms in total. The van der Waals surface area contributed by atoms with Crippen LogP contribution in [-0.2, 0) is 14.8 Å². The molecule has 0 aliphatic carbocycles. The molecule has 8 heteroatoms. The van der Waals surface area contributed by atoms with E-state index in [1.165, 1.54) is 29.3 Å². The van der Waals surface area contributed by atoms with E-state index in [0.717, 1.165) is 16.3 Å². The first kappa shape index (κ1) is 20.8. The summed E-state index contributed by atoms with van der Waals surface area (Å²) >= 11 is 0. The first-order valence-electron chi connectivity index (χ1n) is 9.68. The highest BCUT2D eigenvalue weighted by molar-refractivity contribution is 7.89. The van der Waals surface area contributed by atoms with E-state index in [-0.39, 0.29) is 10.8 Å². The van der Waals surface area contributed by atoms with Crippen molar-refractivity contribution in [1.29, 1.82) is 0 Å². The molecular formula is C23H21N3O4S. The van der Waals surface area contributed by atoms with Crippen molar-refractivity contribution in [2.24, 2.45) is 10.2 Å². The molecular weight excluding hydrogens is 414 g/mol. The summed E-state index contributed by atoms with van der Waals surface area (Å²) in [5.74, 6) is 0.376. The summed E-state index contributed by atoms with van der Waals surface area (Å²) < 4.78 is 28.8. The number of fused-ring (bicyclic) bond motifs is 1. The fraction of sp³-hybridized carbons (Fsp3) is 0.130. The van der Waals surface area contributed by atoms with E-state index in [4.69, 9.17) is 9.88 Å². The molecule has 1 amide bonds. The molecule has 0 fully saturated rings. The molecule has 31 heavy (non-hydrogen) atoms. The van der Waals surface area contributed by atoms with Crippen LogP contribution in [0.2, 0.25) is 0 Å². The SMILES string of the molecule is CCOc1ccc2ccccc2c1/C=C1/C(=O)N(c2ccc(S(N)(=O)=O)cc2)N=C1C. The molecule has 0 atom stereocenters. The van der Waals surface area contributed by atoms with Crippen LogP contribution >= 0.6 is 0 Å². The second kappa shape index (κ2) is 7.98. The van der Waals surface area contributed by atoms with Gasteiger partial charge in [-0.2, -0.15) is 10.1 Å². The van der Waals surface area contributed by atoms with Gasteiger partial charge in [0, 0.05) is 5.56 Å². The highest BCUT2D eigenvalue weighted by atomic mass is 32.2. The molecule has 0 saturated carbocycles. The van der Waals surface area contributed by atoms with E-state index in [0.29, 0.717) is 29.3 Å². The van der Waals surface area contributed by atoms with Crippen LogP contribution in [-0.4, -0.2) is 26.6 Å². The number of hydrazone groups is 1. The van der Waals surface area contributed by atoms with E-state index in [9.17, 15) is 13.2 Å². The number of ether oxygens (including phenoxy) is 1. The number of anilines is 1. The number of rotatable bonds is 5. The highest BCUT2D eigenvalue weighted by Gasteiger charge is 2.29. The monoisotopic (exact) mass is 435 g/mol. The smallest absolute Gasteiger partial charge is 0.280 e. The lowest BCUT2D eigenvalue weighted by Gasteiger charge is -2.13. The van der Waals surface area contributed by atoms with E-state index >= 15 is 0 Å². The Hall–Kier alpha value is -3.49. The predicted octanol–water partition coefficient (Wildman–Crippen LogP) is 3.69. The topological polar surface area (TPSA) is 102 Å². The number of amides is 1. The third-order valence-electron chi connectivity index (χ3n) is 4.99. The van der Waals surface area contributed by atoms with Gasteiger partial charge in [-0.1, -0.05) is 30.3 Å². The number of nitrogens with zero attached hydrogens (tertiary/aromatic N) is 2. The lowest BCUT2D eigenvalue weighted by Crippen LogP contribution is -2.21. The number of carbonyl (C=O) groups excluding carboxylic acids is 1. The number of hydrogen-bond donors (Lipinski definition) is 1. The van der Waals surface area contributed by atoms with Crippen LogP contribution in [0, 0.1) is 0 Å². The maximum absolute atomic E-state index is 13.2. The van der Waals surface area contributed by atoms with Crippen LogP contribution in [0.25, 0.3) is 16.8 Å².